The summed E-state index contributed by atoms with van der Waals surface area (Å²) in [5.41, 5.74) is -1.35. The van der Waals surface area contributed by atoms with Crippen molar-refractivity contribution >= 4 is 17.6 Å². The van der Waals surface area contributed by atoms with Crippen molar-refractivity contribution in [3.8, 4) is 0 Å². The zero-order chi connectivity index (χ0) is 15.6. The number of carboxylic acids is 1. The molecule has 0 bridgehead atoms. The van der Waals surface area contributed by atoms with Gasteiger partial charge >= 0.3 is 12.1 Å². The number of aromatic nitrogens is 1. The van der Waals surface area contributed by atoms with Crippen LogP contribution < -0.4 is 5.32 Å². The third-order valence-electron chi connectivity index (χ3n) is 2.66. The van der Waals surface area contributed by atoms with E-state index in [4.69, 9.17) is 5.11 Å². The first-order valence-electron chi connectivity index (χ1n) is 5.75. The van der Waals surface area contributed by atoms with Crippen molar-refractivity contribution in [3.63, 3.8) is 0 Å². The minimum atomic E-state index is -4.65. The highest BCUT2D eigenvalue weighted by molar-refractivity contribution is 5.96. The molecule has 0 saturated heterocycles. The average molecular weight is 298 g/mol. The minimum absolute atomic E-state index is 0.0592. The van der Waals surface area contributed by atoms with Crippen LogP contribution in [0, 0.1) is 0 Å². The van der Waals surface area contributed by atoms with E-state index < -0.39 is 23.5 Å². The van der Waals surface area contributed by atoms with Gasteiger partial charge in [-0.2, -0.15) is 13.2 Å². The fourth-order valence-electron chi connectivity index (χ4n) is 1.77. The summed E-state index contributed by atoms with van der Waals surface area (Å²) >= 11 is 0. The van der Waals surface area contributed by atoms with Crippen molar-refractivity contribution in [2.24, 2.45) is 0 Å². The topological polar surface area (TPSA) is 79.3 Å². The molecule has 1 aliphatic rings. The number of anilines is 1. The molecule has 0 unspecified atom stereocenters. The number of allylic oxidation sites excluding steroid dienone is 4. The van der Waals surface area contributed by atoms with Gasteiger partial charge in [0.05, 0.1) is 12.0 Å². The van der Waals surface area contributed by atoms with Crippen LogP contribution in [-0.2, 0) is 4.79 Å². The van der Waals surface area contributed by atoms with Gasteiger partial charge in [0.1, 0.15) is 11.4 Å². The van der Waals surface area contributed by atoms with Crippen molar-refractivity contribution in [1.29, 1.82) is 0 Å². The Morgan fingerprint density at radius 1 is 1.33 bits per heavy atom. The molecule has 1 aromatic heterocycles. The summed E-state index contributed by atoms with van der Waals surface area (Å²) in [4.78, 5) is 26.1. The minimum Gasteiger partial charge on any atom is -0.478 e. The fourth-order valence-corrected chi connectivity index (χ4v) is 1.77. The van der Waals surface area contributed by atoms with Gasteiger partial charge in [0.25, 0.3) is 0 Å². The maximum Gasteiger partial charge on any atom is 0.416 e. The number of halogens is 3. The Balaban J connectivity index is 2.32. The maximum absolute atomic E-state index is 12.6. The summed E-state index contributed by atoms with van der Waals surface area (Å²) in [6, 6.07) is 2.64. The van der Waals surface area contributed by atoms with Gasteiger partial charge in [0.15, 0.2) is 5.78 Å². The molecular weight excluding hydrogens is 289 g/mol. The lowest BCUT2D eigenvalue weighted by molar-refractivity contribution is -0.115. The molecule has 5 nitrogen and oxygen atoms in total. The third kappa shape index (κ3) is 3.47. The molecule has 0 saturated carbocycles. The number of alkyl halides is 3. The highest BCUT2D eigenvalue weighted by atomic mass is 19.4. The summed E-state index contributed by atoms with van der Waals surface area (Å²) in [6.45, 7) is 0. The number of ketones is 1. The SMILES string of the molecule is O=C1C=C(C(F)(F)F)C=C(Nc2ncccc2C(=O)O)C1. The Morgan fingerprint density at radius 3 is 2.67 bits per heavy atom. The maximum atomic E-state index is 12.6. The van der Waals surface area contributed by atoms with Crippen molar-refractivity contribution < 1.29 is 27.9 Å². The molecule has 0 spiro atoms. The second-order valence-corrected chi connectivity index (χ2v) is 4.24. The molecule has 0 atom stereocenters. The number of hydrogen-bond acceptors (Lipinski definition) is 4. The van der Waals surface area contributed by atoms with E-state index in [1.807, 2.05) is 0 Å². The lowest BCUT2D eigenvalue weighted by Crippen LogP contribution is -2.19. The number of pyridine rings is 1. The first-order valence-corrected chi connectivity index (χ1v) is 5.75. The molecular formula is C13H9F3N2O3. The van der Waals surface area contributed by atoms with Crippen LogP contribution in [0.5, 0.6) is 0 Å². The Morgan fingerprint density at radius 2 is 2.05 bits per heavy atom. The number of aromatic carboxylic acids is 1. The molecule has 2 N–H and O–H groups in total. The Kier molecular flexibility index (Phi) is 3.79. The number of carbonyl (C=O) groups is 2. The standard InChI is InChI=1S/C13H9F3N2O3/c14-13(15,16)7-4-8(6-9(19)5-7)18-11-10(12(20)21)2-1-3-17-11/h1-5H,6H2,(H,17,18)(H,20,21). The number of nitrogens with one attached hydrogen (secondary N) is 1. The Bertz CT molecular complexity index is 663. The van der Waals surface area contributed by atoms with Crippen molar-refractivity contribution in [2.75, 3.05) is 5.32 Å². The predicted octanol–water partition coefficient (Wildman–Crippen LogP) is 2.54. The number of carbonyl (C=O) groups excluding carboxylic acids is 1. The van der Waals surface area contributed by atoms with Gasteiger partial charge in [-0.1, -0.05) is 0 Å². The normalized spacial score (nSPS) is 15.3. The summed E-state index contributed by atoms with van der Waals surface area (Å²) in [5.74, 6) is -2.12. The molecule has 1 aromatic rings. The lowest BCUT2D eigenvalue weighted by Gasteiger charge is -2.17. The van der Waals surface area contributed by atoms with E-state index in [0.29, 0.717) is 6.08 Å². The number of carboxylic acid groups (broad SMARTS) is 1. The van der Waals surface area contributed by atoms with E-state index in [9.17, 15) is 22.8 Å². The van der Waals surface area contributed by atoms with E-state index in [1.54, 1.807) is 0 Å². The van der Waals surface area contributed by atoms with Gasteiger partial charge in [-0.05, 0) is 24.3 Å². The van der Waals surface area contributed by atoms with Gasteiger partial charge in [0.2, 0.25) is 0 Å². The summed E-state index contributed by atoms with van der Waals surface area (Å²) in [5, 5.41) is 11.4. The van der Waals surface area contributed by atoms with E-state index in [2.05, 4.69) is 10.3 Å². The molecule has 1 aliphatic carbocycles. The molecule has 1 heterocycles. The summed E-state index contributed by atoms with van der Waals surface area (Å²) in [6.07, 6.45) is -2.36. The second-order valence-electron chi connectivity index (χ2n) is 4.24. The monoisotopic (exact) mass is 298 g/mol. The number of hydrogen-bond donors (Lipinski definition) is 2. The van der Waals surface area contributed by atoms with Crippen molar-refractivity contribution in [2.45, 2.75) is 12.6 Å². The smallest absolute Gasteiger partial charge is 0.416 e. The number of rotatable bonds is 3. The molecule has 0 radical (unpaired) electrons. The van der Waals surface area contributed by atoms with Crippen LogP contribution in [0.3, 0.4) is 0 Å². The second kappa shape index (κ2) is 5.39. The lowest BCUT2D eigenvalue weighted by atomic mass is 10.0. The van der Waals surface area contributed by atoms with Crippen molar-refractivity contribution in [3.05, 3.63) is 47.3 Å². The van der Waals surface area contributed by atoms with Crippen LogP contribution in [0.15, 0.2) is 41.8 Å². The summed E-state index contributed by atoms with van der Waals surface area (Å²) < 4.78 is 37.9. The zero-order valence-electron chi connectivity index (χ0n) is 10.4. The van der Waals surface area contributed by atoms with E-state index in [-0.39, 0.29) is 23.5 Å². The predicted molar refractivity (Wildman–Crippen MR) is 66.7 cm³/mol. The molecule has 110 valence electrons. The van der Waals surface area contributed by atoms with Crippen LogP contribution in [-0.4, -0.2) is 28.0 Å². The highest BCUT2D eigenvalue weighted by Gasteiger charge is 2.35. The van der Waals surface area contributed by atoms with Gasteiger partial charge in [-0.3, -0.25) is 4.79 Å². The van der Waals surface area contributed by atoms with Crippen molar-refractivity contribution in [1.82, 2.24) is 4.98 Å². The Labute approximate surface area is 116 Å². The molecule has 8 heteroatoms. The largest absolute Gasteiger partial charge is 0.478 e. The van der Waals surface area contributed by atoms with E-state index in [1.165, 1.54) is 18.3 Å². The van der Waals surface area contributed by atoms with Crippen LogP contribution in [0.4, 0.5) is 19.0 Å². The first kappa shape index (κ1) is 14.8. The molecule has 0 amide bonds. The average Bonchev–Trinajstić information content (AvgIpc) is 2.37. The summed E-state index contributed by atoms with van der Waals surface area (Å²) in [7, 11) is 0. The van der Waals surface area contributed by atoms with Gasteiger partial charge in [-0.15, -0.1) is 0 Å². The van der Waals surface area contributed by atoms with Crippen LogP contribution in [0.2, 0.25) is 0 Å². The molecule has 0 aliphatic heterocycles. The first-order chi connectivity index (χ1) is 9.77. The number of nitrogens with zero attached hydrogens (tertiary/aromatic N) is 1. The molecule has 0 fully saturated rings. The zero-order valence-corrected chi connectivity index (χ0v) is 10.4. The van der Waals surface area contributed by atoms with Gasteiger partial charge < -0.3 is 10.4 Å². The van der Waals surface area contributed by atoms with Crippen LogP contribution in [0.25, 0.3) is 0 Å². The molecule has 0 aromatic carbocycles. The van der Waals surface area contributed by atoms with Gasteiger partial charge in [-0.25, -0.2) is 9.78 Å². The molecule has 2 rings (SSSR count). The third-order valence-corrected chi connectivity index (χ3v) is 2.66. The van der Waals surface area contributed by atoms with E-state index in [0.717, 1.165) is 6.08 Å². The van der Waals surface area contributed by atoms with E-state index >= 15 is 0 Å². The quantitative estimate of drug-likeness (QED) is 0.896. The van der Waals surface area contributed by atoms with Crippen LogP contribution >= 0.6 is 0 Å². The van der Waals surface area contributed by atoms with Gasteiger partial charge in [0, 0.05) is 11.9 Å². The fraction of sp³-hybridized carbons (Fsp3) is 0.154. The highest BCUT2D eigenvalue weighted by Crippen LogP contribution is 2.31. The Hall–Kier alpha value is -2.64. The molecule has 21 heavy (non-hydrogen) atoms. The van der Waals surface area contributed by atoms with Crippen LogP contribution in [0.1, 0.15) is 16.8 Å².